The number of rotatable bonds is 6. The Balaban J connectivity index is 1.37. The van der Waals surface area contributed by atoms with Gasteiger partial charge in [0.2, 0.25) is 6.29 Å². The Bertz CT molecular complexity index is 1250. The molecule has 3 heterocycles. The molecule has 0 saturated carbocycles. The molecule has 41 heavy (non-hydrogen) atoms. The van der Waals surface area contributed by atoms with Crippen LogP contribution >= 0.6 is 0 Å². The third-order valence-electron chi connectivity index (χ3n) is 7.31. The third kappa shape index (κ3) is 5.79. The van der Waals surface area contributed by atoms with E-state index in [0.717, 1.165) is 6.07 Å². The topological polar surface area (TPSA) is 232 Å². The third-order valence-corrected chi connectivity index (χ3v) is 7.31. The summed E-state index contributed by atoms with van der Waals surface area (Å²) in [5.74, 6) is -0.211. The van der Waals surface area contributed by atoms with Crippen molar-refractivity contribution < 1.29 is 69.6 Å². The monoisotopic (exact) mass is 581 g/mol. The molecule has 0 spiro atoms. The van der Waals surface area contributed by atoms with E-state index in [9.17, 15) is 46.0 Å². The maximum absolute atomic E-state index is 10.7. The van der Waals surface area contributed by atoms with Crippen LogP contribution in [0, 0.1) is 0 Å². The van der Waals surface area contributed by atoms with E-state index in [1.54, 1.807) is 12.1 Å². The van der Waals surface area contributed by atoms with Crippen LogP contribution < -0.4 is 0 Å². The minimum atomic E-state index is -1.75. The summed E-state index contributed by atoms with van der Waals surface area (Å²) in [5.41, 5.74) is 0.739. The van der Waals surface area contributed by atoms with Gasteiger partial charge in [0.05, 0.1) is 24.3 Å². The van der Waals surface area contributed by atoms with Gasteiger partial charge in [-0.05, 0) is 31.2 Å². The molecule has 2 aromatic carbocycles. The first-order valence-electron chi connectivity index (χ1n) is 12.9. The summed E-state index contributed by atoms with van der Waals surface area (Å²) in [7, 11) is 0. The van der Waals surface area contributed by atoms with Crippen LogP contribution in [0.25, 0.3) is 6.08 Å². The van der Waals surface area contributed by atoms with Crippen LogP contribution in [0.2, 0.25) is 0 Å². The molecule has 14 nitrogen and oxygen atoms in total. The lowest BCUT2D eigenvalue weighted by Crippen LogP contribution is -2.61. The lowest BCUT2D eigenvalue weighted by Gasteiger charge is -2.42. The molecule has 224 valence electrons. The largest absolute Gasteiger partial charge is 0.571 e. The Morgan fingerprint density at radius 3 is 2.12 bits per heavy atom. The van der Waals surface area contributed by atoms with E-state index in [1.807, 2.05) is 0 Å². The fraction of sp³-hybridized carbons (Fsp3) is 0.481. The molecule has 3 aliphatic heterocycles. The van der Waals surface area contributed by atoms with Crippen LogP contribution in [-0.4, -0.2) is 119 Å². The molecule has 5 rings (SSSR count). The molecule has 3 aliphatic rings. The second-order valence-corrected chi connectivity index (χ2v) is 10.2. The van der Waals surface area contributed by atoms with Gasteiger partial charge in [0.1, 0.15) is 65.5 Å². The normalized spacial score (nSPS) is 37.0. The molecule has 0 bridgehead atoms. The zero-order valence-corrected chi connectivity index (χ0v) is 21.7. The summed E-state index contributed by atoms with van der Waals surface area (Å²) < 4.78 is 27.2. The quantitative estimate of drug-likeness (QED) is 0.183. The first-order chi connectivity index (χ1) is 19.4. The molecule has 2 saturated heterocycles. The lowest BCUT2D eigenvalue weighted by molar-refractivity contribution is -0.325. The van der Waals surface area contributed by atoms with Crippen molar-refractivity contribution in [1.82, 2.24) is 0 Å². The number of benzene rings is 2. The molecule has 2 fully saturated rings. The molecule has 2 aromatic rings. The minimum absolute atomic E-state index is 0.00108. The number of aromatic hydroxyl groups is 4. The Labute approximate surface area is 233 Å². The van der Waals surface area contributed by atoms with Gasteiger partial charge in [0.15, 0.2) is 12.0 Å². The highest BCUT2D eigenvalue weighted by molar-refractivity contribution is 5.69. The van der Waals surface area contributed by atoms with Crippen molar-refractivity contribution >= 4 is 6.08 Å². The van der Waals surface area contributed by atoms with Crippen molar-refractivity contribution in [3.05, 3.63) is 53.3 Å². The molecule has 0 amide bonds. The Kier molecular flexibility index (Phi) is 8.29. The zero-order chi connectivity index (χ0) is 29.6. The highest BCUT2D eigenvalue weighted by Gasteiger charge is 2.48. The number of ether oxygens (including phenoxy) is 5. The van der Waals surface area contributed by atoms with E-state index < -0.39 is 74.1 Å². The van der Waals surface area contributed by atoms with E-state index >= 15 is 0 Å². The number of aliphatic hydroxyl groups is 7. The van der Waals surface area contributed by atoms with Crippen LogP contribution in [0.4, 0.5) is 0 Å². The van der Waals surface area contributed by atoms with Crippen molar-refractivity contribution in [3.63, 3.8) is 0 Å². The summed E-state index contributed by atoms with van der Waals surface area (Å²) in [5, 5.41) is 92.0. The summed E-state index contributed by atoms with van der Waals surface area (Å²) in [6, 6.07) is 8.45. The van der Waals surface area contributed by atoms with E-state index in [4.69, 9.17) is 18.9 Å². The van der Waals surface area contributed by atoms with E-state index in [0.29, 0.717) is 5.56 Å². The maximum Gasteiger partial charge on any atom is 0.270 e. The molecule has 0 radical (unpaired) electrons. The number of phenols is 3. The fourth-order valence-corrected chi connectivity index (χ4v) is 4.91. The van der Waals surface area contributed by atoms with Gasteiger partial charge in [-0.2, -0.15) is 0 Å². The van der Waals surface area contributed by atoms with Gasteiger partial charge in [0.25, 0.3) is 11.9 Å². The second-order valence-electron chi connectivity index (χ2n) is 10.2. The average Bonchev–Trinajstić information content (AvgIpc) is 2.94. The molecule has 10 N–H and O–H groups in total. The number of fused-ring (bicyclic) bond motifs is 1. The maximum atomic E-state index is 10.7. The fourth-order valence-electron chi connectivity index (χ4n) is 4.91. The Hall–Kier alpha value is -3.18. The van der Waals surface area contributed by atoms with Crippen LogP contribution in [0.1, 0.15) is 24.2 Å². The molecule has 1 unspecified atom stereocenters. The second kappa shape index (κ2) is 11.6. The van der Waals surface area contributed by atoms with E-state index in [1.165, 1.54) is 31.2 Å². The van der Waals surface area contributed by atoms with Gasteiger partial charge in [-0.15, -0.1) is 0 Å². The summed E-state index contributed by atoms with van der Waals surface area (Å²) >= 11 is 0. The molecule has 0 aromatic heterocycles. The van der Waals surface area contributed by atoms with Crippen LogP contribution in [0.15, 0.2) is 42.2 Å². The molecular formula is C27H33O14+. The predicted octanol–water partition coefficient (Wildman–Crippen LogP) is -1.19. The first-order valence-corrected chi connectivity index (χ1v) is 12.9. The van der Waals surface area contributed by atoms with Crippen molar-refractivity contribution in [2.45, 2.75) is 74.4 Å². The minimum Gasteiger partial charge on any atom is -0.571 e. The highest BCUT2D eigenvalue weighted by atomic mass is 16.7. The van der Waals surface area contributed by atoms with Crippen LogP contribution in [0.3, 0.4) is 0 Å². The molecule has 11 atom stereocenters. The number of phenolic OH excluding ortho intramolecular Hbond substituents is 3. The zero-order valence-electron chi connectivity index (χ0n) is 21.7. The predicted molar refractivity (Wildman–Crippen MR) is 136 cm³/mol. The SMILES string of the molecule is C[C@@H]1O[C@@H](OC[C@H]2O[C@@H](OC3=Cc4c(O)cc(O)cc4[OH+]C3c3ccc(O)cc3)[C@H](O)[C@@H](O)[C@@H]2O)[C@H](O)[C@@H](O)[C@H]1O. The van der Waals surface area contributed by atoms with Gasteiger partial charge in [-0.1, -0.05) is 0 Å². The number of hydrogen-bond donors (Lipinski definition) is 9. The smallest absolute Gasteiger partial charge is 0.270 e. The van der Waals surface area contributed by atoms with Gasteiger partial charge >= 0.3 is 0 Å². The lowest BCUT2D eigenvalue weighted by atomic mass is 9.98. The molecule has 0 aliphatic carbocycles. The average molecular weight is 582 g/mol. The number of aliphatic hydroxyl groups excluding tert-OH is 6. The van der Waals surface area contributed by atoms with Gasteiger partial charge in [-0.3, -0.25) is 0 Å². The van der Waals surface area contributed by atoms with Crippen LogP contribution in [0.5, 0.6) is 23.0 Å². The number of hydrogen-bond acceptors (Lipinski definition) is 13. The van der Waals surface area contributed by atoms with Gasteiger partial charge in [0, 0.05) is 12.1 Å². The Morgan fingerprint density at radius 1 is 0.756 bits per heavy atom. The van der Waals surface area contributed by atoms with Crippen molar-refractivity contribution in [1.29, 1.82) is 0 Å². The van der Waals surface area contributed by atoms with Crippen molar-refractivity contribution in [2.24, 2.45) is 0 Å². The van der Waals surface area contributed by atoms with Gasteiger partial charge in [-0.25, -0.2) is 0 Å². The van der Waals surface area contributed by atoms with Crippen molar-refractivity contribution in [2.75, 3.05) is 6.61 Å². The molecule has 14 heteroatoms. The van der Waals surface area contributed by atoms with Crippen LogP contribution in [-0.2, 0) is 18.9 Å². The highest BCUT2D eigenvalue weighted by Crippen LogP contribution is 2.45. The Morgan fingerprint density at radius 2 is 1.41 bits per heavy atom. The van der Waals surface area contributed by atoms with E-state index in [-0.39, 0.29) is 34.3 Å². The standard InChI is InChI=1S/C27H32O14/c1-10-19(31)21(33)23(35)26(38-10)37-9-18-20(32)22(34)24(36)27(41-18)40-17-8-14-15(30)6-13(29)7-16(14)39-25(17)11-2-4-12(28)5-3-11/h2-8,10,18-36H,9H2,1H3/p+1/t10-,18+,19-,20+,21-,22-,23+,24+,25?,26+,27+/m0/s1. The van der Waals surface area contributed by atoms with E-state index in [2.05, 4.69) is 4.74 Å². The first kappa shape index (κ1) is 29.3. The van der Waals surface area contributed by atoms with Gasteiger partial charge < -0.3 is 69.6 Å². The molecular weight excluding hydrogens is 548 g/mol. The summed E-state index contributed by atoms with van der Waals surface area (Å²) in [4.78, 5) is 0. The summed E-state index contributed by atoms with van der Waals surface area (Å²) in [6.07, 6.45) is -14.3. The van der Waals surface area contributed by atoms with Crippen molar-refractivity contribution in [3.8, 4) is 23.0 Å². The summed E-state index contributed by atoms with van der Waals surface area (Å²) in [6.45, 7) is 0.993.